The molecule has 216 valence electrons. The summed E-state index contributed by atoms with van der Waals surface area (Å²) in [4.78, 5) is 11.8. The van der Waals surface area contributed by atoms with Crippen LogP contribution < -0.4 is 14.2 Å². The van der Waals surface area contributed by atoms with Gasteiger partial charge in [-0.15, -0.1) is 0 Å². The second-order valence-corrected chi connectivity index (χ2v) is 10.5. The van der Waals surface area contributed by atoms with Crippen molar-refractivity contribution < 1.29 is 23.7 Å². The molecule has 6 heteroatoms. The van der Waals surface area contributed by atoms with Crippen LogP contribution >= 0.6 is 0 Å². The van der Waals surface area contributed by atoms with Crippen LogP contribution in [0.4, 0.5) is 0 Å². The third-order valence-electron chi connectivity index (χ3n) is 7.27. The summed E-state index contributed by atoms with van der Waals surface area (Å²) >= 11 is 0. The van der Waals surface area contributed by atoms with Gasteiger partial charge in [0.1, 0.15) is 12.4 Å². The fourth-order valence-electron chi connectivity index (χ4n) is 5.15. The Bertz CT molecular complexity index is 1620. The van der Waals surface area contributed by atoms with Crippen molar-refractivity contribution in [2.45, 2.75) is 45.9 Å². The highest BCUT2D eigenvalue weighted by Crippen LogP contribution is 2.41. The number of rotatable bonds is 12. The summed E-state index contributed by atoms with van der Waals surface area (Å²) in [6.45, 7) is 8.64. The lowest BCUT2D eigenvalue weighted by atomic mass is 9.83. The van der Waals surface area contributed by atoms with Crippen molar-refractivity contribution in [3.63, 3.8) is 0 Å². The minimum absolute atomic E-state index is 0.0335. The molecule has 0 amide bonds. The zero-order valence-corrected chi connectivity index (χ0v) is 24.6. The van der Waals surface area contributed by atoms with E-state index in [0.29, 0.717) is 30.5 Å². The Morgan fingerprint density at radius 1 is 0.810 bits per heavy atom. The Morgan fingerprint density at radius 3 is 2.26 bits per heavy atom. The summed E-state index contributed by atoms with van der Waals surface area (Å²) in [6, 6.07) is 34.6. The molecule has 0 saturated heterocycles. The lowest BCUT2D eigenvalue weighted by Gasteiger charge is -2.35. The number of aromatic nitrogens is 1. The molecule has 0 saturated carbocycles. The topological polar surface area (TPSA) is 58.9 Å². The zero-order chi connectivity index (χ0) is 29.5. The number of nitrogens with zero attached hydrogens (tertiary/aromatic N) is 1. The molecule has 42 heavy (non-hydrogen) atoms. The van der Waals surface area contributed by atoms with Gasteiger partial charge in [-0.3, -0.25) is 0 Å². The van der Waals surface area contributed by atoms with Crippen LogP contribution in [0.15, 0.2) is 109 Å². The first-order chi connectivity index (χ1) is 20.4. The summed E-state index contributed by atoms with van der Waals surface area (Å²) < 4.78 is 25.5. The number of para-hydroxylation sites is 1. The number of carbonyl (C=O) groups is 1. The van der Waals surface area contributed by atoms with Crippen molar-refractivity contribution in [2.75, 3.05) is 13.2 Å². The Morgan fingerprint density at radius 2 is 1.52 bits per heavy atom. The van der Waals surface area contributed by atoms with Gasteiger partial charge in [-0.05, 0) is 86.2 Å². The molecule has 0 N–H and O–H groups in total. The van der Waals surface area contributed by atoms with Crippen LogP contribution in [0.25, 0.3) is 10.9 Å². The Balaban J connectivity index is 1.55. The zero-order valence-electron chi connectivity index (χ0n) is 24.6. The van der Waals surface area contributed by atoms with E-state index in [1.165, 1.54) is 0 Å². The van der Waals surface area contributed by atoms with Gasteiger partial charge in [-0.25, -0.2) is 4.79 Å². The number of carbonyl (C=O) groups excluding carboxylic acids is 1. The molecule has 0 aliphatic carbocycles. The van der Waals surface area contributed by atoms with Crippen molar-refractivity contribution in [3.05, 3.63) is 126 Å². The molecule has 0 fully saturated rings. The average Bonchev–Trinajstić information content (AvgIpc) is 3.44. The summed E-state index contributed by atoms with van der Waals surface area (Å²) in [5.74, 6) is 1.59. The maximum atomic E-state index is 11.8. The lowest BCUT2D eigenvalue weighted by Crippen LogP contribution is -2.32. The Hall–Kier alpha value is -4.71. The average molecular weight is 564 g/mol. The van der Waals surface area contributed by atoms with Crippen LogP contribution in [-0.2, 0) is 21.7 Å². The highest BCUT2D eigenvalue weighted by atomic mass is 16.6. The molecule has 4 aromatic carbocycles. The molecule has 0 aliphatic heterocycles. The van der Waals surface area contributed by atoms with Crippen molar-refractivity contribution in [2.24, 2.45) is 0 Å². The molecular weight excluding hydrogens is 526 g/mol. The van der Waals surface area contributed by atoms with Gasteiger partial charge in [-0.1, -0.05) is 66.7 Å². The lowest BCUT2D eigenvalue weighted by molar-refractivity contribution is -0.145. The van der Waals surface area contributed by atoms with Gasteiger partial charge in [-0.2, -0.15) is 0 Å². The van der Waals surface area contributed by atoms with E-state index < -0.39 is 11.5 Å². The van der Waals surface area contributed by atoms with Crippen molar-refractivity contribution in [3.8, 4) is 17.2 Å². The monoisotopic (exact) mass is 563 g/mol. The maximum absolute atomic E-state index is 11.8. The van der Waals surface area contributed by atoms with E-state index >= 15 is 0 Å². The Kier molecular flexibility index (Phi) is 8.82. The standard InChI is InChI=1S/C36H37NO5/c1-5-39-35(38)25-40-31-18-15-29(16-19-31)36(4,37-22-21-28-13-9-10-14-32(28)37)30-17-20-33(34(23-30)42-26(2)3)41-24-27-11-7-6-8-12-27/h6-23,26H,5,24-25H2,1-4H3. The summed E-state index contributed by atoms with van der Waals surface area (Å²) in [5.41, 5.74) is 3.66. The van der Waals surface area contributed by atoms with E-state index in [2.05, 4.69) is 54.1 Å². The van der Waals surface area contributed by atoms with Crippen molar-refractivity contribution >= 4 is 16.9 Å². The van der Waals surface area contributed by atoms with Crippen molar-refractivity contribution in [1.82, 2.24) is 4.57 Å². The first-order valence-electron chi connectivity index (χ1n) is 14.3. The quantitative estimate of drug-likeness (QED) is 0.145. The van der Waals surface area contributed by atoms with Gasteiger partial charge < -0.3 is 23.5 Å². The van der Waals surface area contributed by atoms with Crippen LogP contribution in [0.2, 0.25) is 0 Å². The molecule has 5 aromatic rings. The molecule has 0 aliphatic rings. The minimum atomic E-state index is -0.615. The number of ether oxygens (including phenoxy) is 4. The van der Waals surface area contributed by atoms with E-state index in [-0.39, 0.29) is 12.7 Å². The fraction of sp³-hybridized carbons (Fsp3) is 0.250. The van der Waals surface area contributed by atoms with Gasteiger partial charge in [0.15, 0.2) is 18.1 Å². The molecule has 0 spiro atoms. The molecule has 1 aromatic heterocycles. The van der Waals surface area contributed by atoms with Crippen LogP contribution in [0.3, 0.4) is 0 Å². The third kappa shape index (κ3) is 6.28. The number of hydrogen-bond donors (Lipinski definition) is 0. The maximum Gasteiger partial charge on any atom is 0.344 e. The smallest absolute Gasteiger partial charge is 0.344 e. The fourth-order valence-corrected chi connectivity index (χ4v) is 5.15. The van der Waals surface area contributed by atoms with Crippen LogP contribution in [0, 0.1) is 0 Å². The van der Waals surface area contributed by atoms with E-state index in [1.807, 2.05) is 80.6 Å². The predicted molar refractivity (Wildman–Crippen MR) is 165 cm³/mol. The molecule has 1 unspecified atom stereocenters. The SMILES string of the molecule is CCOC(=O)COc1ccc(C(C)(c2ccc(OCc3ccccc3)c(OC(C)C)c2)n2ccc3ccccc32)cc1. The van der Waals surface area contributed by atoms with Gasteiger partial charge in [0.2, 0.25) is 0 Å². The molecule has 6 nitrogen and oxygen atoms in total. The van der Waals surface area contributed by atoms with Gasteiger partial charge >= 0.3 is 5.97 Å². The van der Waals surface area contributed by atoms with Gasteiger partial charge in [0.25, 0.3) is 0 Å². The summed E-state index contributed by atoms with van der Waals surface area (Å²) in [5, 5.41) is 1.15. The normalized spacial score (nSPS) is 12.6. The van der Waals surface area contributed by atoms with E-state index in [9.17, 15) is 4.79 Å². The molecule has 0 radical (unpaired) electrons. The first-order valence-corrected chi connectivity index (χ1v) is 14.3. The summed E-state index contributed by atoms with van der Waals surface area (Å²) in [6.07, 6.45) is 2.09. The largest absolute Gasteiger partial charge is 0.487 e. The van der Waals surface area contributed by atoms with Crippen molar-refractivity contribution in [1.29, 1.82) is 0 Å². The van der Waals surface area contributed by atoms with E-state index in [4.69, 9.17) is 18.9 Å². The minimum Gasteiger partial charge on any atom is -0.487 e. The van der Waals surface area contributed by atoms with Crippen LogP contribution in [0.1, 0.15) is 44.4 Å². The van der Waals surface area contributed by atoms with Crippen LogP contribution in [0.5, 0.6) is 17.2 Å². The second kappa shape index (κ2) is 12.9. The van der Waals surface area contributed by atoms with E-state index in [0.717, 1.165) is 27.6 Å². The molecular formula is C36H37NO5. The third-order valence-corrected chi connectivity index (χ3v) is 7.27. The number of esters is 1. The predicted octanol–water partition coefficient (Wildman–Crippen LogP) is 7.76. The van der Waals surface area contributed by atoms with Gasteiger partial charge in [0, 0.05) is 11.7 Å². The molecule has 5 rings (SSSR count). The second-order valence-electron chi connectivity index (χ2n) is 10.5. The van der Waals surface area contributed by atoms with Gasteiger partial charge in [0.05, 0.1) is 18.2 Å². The molecule has 1 heterocycles. The molecule has 1 atom stereocenters. The van der Waals surface area contributed by atoms with Crippen LogP contribution in [-0.4, -0.2) is 29.9 Å². The number of benzene rings is 4. The summed E-state index contributed by atoms with van der Waals surface area (Å²) in [7, 11) is 0. The first kappa shape index (κ1) is 28.8. The molecule has 0 bridgehead atoms. The highest BCUT2D eigenvalue weighted by molar-refractivity contribution is 5.81. The van der Waals surface area contributed by atoms with E-state index in [1.54, 1.807) is 6.92 Å². The highest BCUT2D eigenvalue weighted by Gasteiger charge is 2.33. The number of hydrogen-bond acceptors (Lipinski definition) is 5. The Labute approximate surface area is 247 Å². The number of fused-ring (bicyclic) bond motifs is 1.